The van der Waals surface area contributed by atoms with Gasteiger partial charge >= 0.3 is 6.09 Å². The average molecular weight is 284 g/mol. The number of carbonyl (C=O) groups is 1. The van der Waals surface area contributed by atoms with E-state index in [1.165, 1.54) is 0 Å². The van der Waals surface area contributed by atoms with Crippen molar-refractivity contribution in [3.8, 4) is 0 Å². The van der Waals surface area contributed by atoms with Crippen molar-refractivity contribution in [2.24, 2.45) is 5.73 Å². The van der Waals surface area contributed by atoms with Crippen molar-refractivity contribution in [3.63, 3.8) is 0 Å². The highest BCUT2D eigenvalue weighted by Gasteiger charge is 2.65. The quantitative estimate of drug-likeness (QED) is 0.724. The summed E-state index contributed by atoms with van der Waals surface area (Å²) in [5, 5.41) is 0. The Morgan fingerprint density at radius 1 is 1.30 bits per heavy atom. The molecule has 0 spiro atoms. The number of rotatable bonds is 0. The van der Waals surface area contributed by atoms with E-state index in [2.05, 4.69) is 0 Å². The van der Waals surface area contributed by atoms with E-state index in [1.807, 2.05) is 34.6 Å². The van der Waals surface area contributed by atoms with E-state index >= 15 is 0 Å². The Kier molecular flexibility index (Phi) is 2.88. The highest BCUT2D eigenvalue weighted by atomic mass is 16.8. The standard InChI is InChI=1S/C14H24N2O4/c1-13(2,3)20-12(17)16-8-6-7(15)9(16)11-10(8)18-14(4,5)19-11/h7-11H,6,15H2,1-5H3. The summed E-state index contributed by atoms with van der Waals surface area (Å²) in [7, 11) is 0. The van der Waals surface area contributed by atoms with E-state index in [0.29, 0.717) is 0 Å². The third kappa shape index (κ3) is 2.10. The molecule has 0 aromatic heterocycles. The van der Waals surface area contributed by atoms with Gasteiger partial charge in [-0.3, -0.25) is 4.90 Å². The fourth-order valence-electron chi connectivity index (χ4n) is 3.60. The van der Waals surface area contributed by atoms with Gasteiger partial charge in [0.05, 0.1) is 12.1 Å². The third-order valence-corrected chi connectivity index (χ3v) is 4.11. The van der Waals surface area contributed by atoms with Gasteiger partial charge in [0.15, 0.2) is 5.79 Å². The SMILES string of the molecule is CC(C)(C)OC(=O)N1C2CC(N)C1C1OC(C)(C)OC12. The zero-order valence-corrected chi connectivity index (χ0v) is 12.8. The van der Waals surface area contributed by atoms with Crippen molar-refractivity contribution in [2.75, 3.05) is 0 Å². The number of amides is 1. The summed E-state index contributed by atoms with van der Waals surface area (Å²) in [6, 6.07) is -0.274. The molecule has 0 aliphatic carbocycles. The molecule has 20 heavy (non-hydrogen) atoms. The Morgan fingerprint density at radius 2 is 1.90 bits per heavy atom. The Bertz CT molecular complexity index is 431. The van der Waals surface area contributed by atoms with Crippen molar-refractivity contribution in [3.05, 3.63) is 0 Å². The normalized spacial score (nSPS) is 41.9. The zero-order chi connectivity index (χ0) is 14.9. The Balaban J connectivity index is 1.81. The molecule has 6 nitrogen and oxygen atoms in total. The number of hydrogen-bond donors (Lipinski definition) is 1. The minimum absolute atomic E-state index is 0.0448. The number of hydrogen-bond acceptors (Lipinski definition) is 5. The zero-order valence-electron chi connectivity index (χ0n) is 12.8. The lowest BCUT2D eigenvalue weighted by molar-refractivity contribution is -0.162. The second-order valence-electron chi connectivity index (χ2n) is 7.41. The molecule has 6 heteroatoms. The van der Waals surface area contributed by atoms with Crippen LogP contribution in [0.5, 0.6) is 0 Å². The Morgan fingerprint density at radius 3 is 2.50 bits per heavy atom. The molecule has 0 radical (unpaired) electrons. The third-order valence-electron chi connectivity index (χ3n) is 4.11. The Labute approximate surface area is 119 Å². The van der Waals surface area contributed by atoms with E-state index in [4.69, 9.17) is 19.9 Å². The molecule has 0 aromatic rings. The second kappa shape index (κ2) is 4.08. The predicted molar refractivity (Wildman–Crippen MR) is 72.1 cm³/mol. The average Bonchev–Trinajstić information content (AvgIpc) is 2.79. The molecule has 0 aromatic carbocycles. The van der Waals surface area contributed by atoms with Crippen LogP contribution in [0.4, 0.5) is 4.79 Å². The molecule has 5 atom stereocenters. The molecule has 5 unspecified atom stereocenters. The van der Waals surface area contributed by atoms with E-state index in [-0.39, 0.29) is 36.4 Å². The maximum absolute atomic E-state index is 12.4. The van der Waals surface area contributed by atoms with Gasteiger partial charge in [0, 0.05) is 6.04 Å². The summed E-state index contributed by atoms with van der Waals surface area (Å²) in [6.45, 7) is 9.38. The number of nitrogens with zero attached hydrogens (tertiary/aromatic N) is 1. The monoisotopic (exact) mass is 284 g/mol. The van der Waals surface area contributed by atoms with Crippen LogP contribution in [0.1, 0.15) is 41.0 Å². The van der Waals surface area contributed by atoms with Gasteiger partial charge in [-0.2, -0.15) is 0 Å². The molecule has 2 bridgehead atoms. The van der Waals surface area contributed by atoms with Gasteiger partial charge in [-0.25, -0.2) is 4.79 Å². The van der Waals surface area contributed by atoms with Crippen molar-refractivity contribution < 1.29 is 19.0 Å². The summed E-state index contributed by atoms with van der Waals surface area (Å²) < 4.78 is 17.4. The summed E-state index contributed by atoms with van der Waals surface area (Å²) in [4.78, 5) is 14.1. The van der Waals surface area contributed by atoms with Gasteiger partial charge in [0.1, 0.15) is 17.8 Å². The highest BCUT2D eigenvalue weighted by molar-refractivity contribution is 5.71. The topological polar surface area (TPSA) is 74.0 Å². The summed E-state index contributed by atoms with van der Waals surface area (Å²) in [5.74, 6) is -0.601. The van der Waals surface area contributed by atoms with E-state index in [0.717, 1.165) is 6.42 Å². The van der Waals surface area contributed by atoms with Crippen LogP contribution in [0.2, 0.25) is 0 Å². The lowest BCUT2D eigenvalue weighted by atomic mass is 9.91. The van der Waals surface area contributed by atoms with Gasteiger partial charge in [0.2, 0.25) is 0 Å². The molecule has 3 aliphatic heterocycles. The van der Waals surface area contributed by atoms with Gasteiger partial charge in [-0.1, -0.05) is 0 Å². The minimum atomic E-state index is -0.601. The summed E-state index contributed by atoms with van der Waals surface area (Å²) in [6.07, 6.45) is 0.179. The van der Waals surface area contributed by atoms with Crippen molar-refractivity contribution >= 4 is 6.09 Å². The van der Waals surface area contributed by atoms with Crippen molar-refractivity contribution in [1.82, 2.24) is 4.90 Å². The highest BCUT2D eigenvalue weighted by Crippen LogP contribution is 2.47. The van der Waals surface area contributed by atoms with Crippen LogP contribution >= 0.6 is 0 Å². The number of fused-ring (bicyclic) bond motifs is 5. The van der Waals surface area contributed by atoms with E-state index in [1.54, 1.807) is 4.90 Å². The van der Waals surface area contributed by atoms with Crippen LogP contribution < -0.4 is 5.73 Å². The van der Waals surface area contributed by atoms with Gasteiger partial charge < -0.3 is 19.9 Å². The van der Waals surface area contributed by atoms with Crippen LogP contribution in [0.25, 0.3) is 0 Å². The molecule has 3 aliphatic rings. The van der Waals surface area contributed by atoms with E-state index in [9.17, 15) is 4.79 Å². The Hall–Kier alpha value is -0.850. The van der Waals surface area contributed by atoms with Gasteiger partial charge in [-0.05, 0) is 41.0 Å². The van der Waals surface area contributed by atoms with Crippen LogP contribution in [-0.2, 0) is 14.2 Å². The first-order valence-corrected chi connectivity index (χ1v) is 7.22. The van der Waals surface area contributed by atoms with Crippen molar-refractivity contribution in [1.29, 1.82) is 0 Å². The molecule has 114 valence electrons. The van der Waals surface area contributed by atoms with Gasteiger partial charge in [0.25, 0.3) is 0 Å². The summed E-state index contributed by atoms with van der Waals surface area (Å²) in [5.41, 5.74) is 5.66. The number of ether oxygens (including phenoxy) is 3. The molecule has 1 amide bonds. The first-order chi connectivity index (χ1) is 9.09. The fourth-order valence-corrected chi connectivity index (χ4v) is 3.60. The number of carbonyl (C=O) groups excluding carboxylic acids is 1. The molecule has 3 saturated heterocycles. The van der Waals surface area contributed by atoms with Gasteiger partial charge in [-0.15, -0.1) is 0 Å². The maximum Gasteiger partial charge on any atom is 0.411 e. The minimum Gasteiger partial charge on any atom is -0.444 e. The van der Waals surface area contributed by atoms with Crippen LogP contribution in [0.15, 0.2) is 0 Å². The summed E-state index contributed by atoms with van der Waals surface area (Å²) >= 11 is 0. The molecule has 2 N–H and O–H groups in total. The lowest BCUT2D eigenvalue weighted by Gasteiger charge is -2.30. The molecular weight excluding hydrogens is 260 g/mol. The second-order valence-corrected chi connectivity index (χ2v) is 7.41. The van der Waals surface area contributed by atoms with Crippen molar-refractivity contribution in [2.45, 2.75) is 82.8 Å². The molecular formula is C14H24N2O4. The smallest absolute Gasteiger partial charge is 0.411 e. The molecule has 3 rings (SSSR count). The first-order valence-electron chi connectivity index (χ1n) is 7.22. The fraction of sp³-hybridized carbons (Fsp3) is 0.929. The molecule has 0 saturated carbocycles. The van der Waals surface area contributed by atoms with E-state index < -0.39 is 11.4 Å². The van der Waals surface area contributed by atoms with Crippen LogP contribution in [-0.4, -0.2) is 52.7 Å². The largest absolute Gasteiger partial charge is 0.444 e. The molecule has 3 fully saturated rings. The van der Waals surface area contributed by atoms with Crippen LogP contribution in [0.3, 0.4) is 0 Å². The molecule has 3 heterocycles. The first kappa shape index (κ1) is 14.1. The lowest BCUT2D eigenvalue weighted by Crippen LogP contribution is -2.49. The predicted octanol–water partition coefficient (Wildman–Crippen LogP) is 1.23. The van der Waals surface area contributed by atoms with Crippen LogP contribution in [0, 0.1) is 0 Å². The number of nitrogens with two attached hydrogens (primary N) is 1. The maximum atomic E-state index is 12.4.